The van der Waals surface area contributed by atoms with E-state index in [1.165, 1.54) is 31.0 Å². The zero-order valence-electron chi connectivity index (χ0n) is 15.5. The summed E-state index contributed by atoms with van der Waals surface area (Å²) in [5.41, 5.74) is 2.87. The fraction of sp³-hybridized carbons (Fsp3) is 0.368. The van der Waals surface area contributed by atoms with Crippen LogP contribution in [-0.2, 0) is 9.53 Å². The van der Waals surface area contributed by atoms with Crippen LogP contribution >= 0.6 is 11.8 Å². The lowest BCUT2D eigenvalue weighted by atomic mass is 10.1. The van der Waals surface area contributed by atoms with E-state index in [2.05, 4.69) is 9.47 Å². The molecule has 0 aliphatic heterocycles. The molecule has 0 radical (unpaired) electrons. The standard InChI is InChI=1S/C19H21F2NO4S/c1-11-9-16(18(24)13(3)27-10-17(23)25-4)12(2)22(11)14-5-7-15(8-6-14)26-19(20)21/h5-9,13,19H,10H2,1-4H3. The topological polar surface area (TPSA) is 57.5 Å². The molecule has 146 valence electrons. The number of carbonyl (C=O) groups is 2. The predicted octanol–water partition coefficient (Wildman–Crippen LogP) is 4.17. The molecule has 0 spiro atoms. The lowest BCUT2D eigenvalue weighted by Crippen LogP contribution is -2.17. The minimum absolute atomic E-state index is 0.0698. The highest BCUT2D eigenvalue weighted by atomic mass is 32.2. The third kappa shape index (κ3) is 5.09. The van der Waals surface area contributed by atoms with Gasteiger partial charge >= 0.3 is 12.6 Å². The van der Waals surface area contributed by atoms with E-state index in [0.29, 0.717) is 5.56 Å². The van der Waals surface area contributed by atoms with Gasteiger partial charge in [-0.1, -0.05) is 0 Å². The van der Waals surface area contributed by atoms with Gasteiger partial charge in [0.2, 0.25) is 0 Å². The lowest BCUT2D eigenvalue weighted by Gasteiger charge is -2.12. The Morgan fingerprint density at radius 2 is 1.81 bits per heavy atom. The third-order valence-corrected chi connectivity index (χ3v) is 5.18. The Balaban J connectivity index is 2.23. The lowest BCUT2D eigenvalue weighted by molar-refractivity contribution is -0.137. The van der Waals surface area contributed by atoms with Crippen molar-refractivity contribution in [2.45, 2.75) is 32.6 Å². The van der Waals surface area contributed by atoms with Gasteiger partial charge < -0.3 is 14.0 Å². The molecule has 0 saturated carbocycles. The van der Waals surface area contributed by atoms with Crippen LogP contribution in [0.4, 0.5) is 8.78 Å². The number of alkyl halides is 2. The summed E-state index contributed by atoms with van der Waals surface area (Å²) < 4.78 is 35.4. The molecule has 2 aromatic rings. The summed E-state index contributed by atoms with van der Waals surface area (Å²) in [6.07, 6.45) is 0. The molecule has 27 heavy (non-hydrogen) atoms. The van der Waals surface area contributed by atoms with Crippen molar-refractivity contribution in [3.63, 3.8) is 0 Å². The monoisotopic (exact) mass is 397 g/mol. The van der Waals surface area contributed by atoms with Gasteiger partial charge in [0.15, 0.2) is 5.78 Å². The fourth-order valence-electron chi connectivity index (χ4n) is 2.73. The number of ketones is 1. The van der Waals surface area contributed by atoms with E-state index in [1.807, 2.05) is 18.4 Å². The van der Waals surface area contributed by atoms with Crippen LogP contribution in [0.5, 0.6) is 5.75 Å². The maximum atomic E-state index is 12.7. The van der Waals surface area contributed by atoms with Crippen molar-refractivity contribution >= 4 is 23.5 Å². The average Bonchev–Trinajstić information content (AvgIpc) is 2.93. The molecule has 0 aliphatic rings. The highest BCUT2D eigenvalue weighted by molar-refractivity contribution is 8.01. The summed E-state index contributed by atoms with van der Waals surface area (Å²) in [5.74, 6) is -0.286. The van der Waals surface area contributed by atoms with E-state index in [-0.39, 0.29) is 23.3 Å². The second kappa shape index (κ2) is 9.03. The van der Waals surface area contributed by atoms with Crippen molar-refractivity contribution in [3.8, 4) is 11.4 Å². The number of methoxy groups -OCH3 is 1. The Hall–Kier alpha value is -2.35. The first kappa shape index (κ1) is 21.0. The number of benzene rings is 1. The number of hydrogen-bond donors (Lipinski definition) is 0. The van der Waals surface area contributed by atoms with Crippen LogP contribution in [0.25, 0.3) is 5.69 Å². The molecule has 5 nitrogen and oxygen atoms in total. The van der Waals surface area contributed by atoms with Gasteiger partial charge in [0.05, 0.1) is 18.1 Å². The predicted molar refractivity (Wildman–Crippen MR) is 100 cm³/mol. The summed E-state index contributed by atoms with van der Waals surface area (Å²) >= 11 is 1.22. The Bertz CT molecular complexity index is 818. The quantitative estimate of drug-likeness (QED) is 0.494. The second-order valence-corrected chi connectivity index (χ2v) is 7.22. The van der Waals surface area contributed by atoms with Gasteiger partial charge in [-0.3, -0.25) is 9.59 Å². The van der Waals surface area contributed by atoms with Gasteiger partial charge in [-0.05, 0) is 51.1 Å². The zero-order valence-corrected chi connectivity index (χ0v) is 16.3. The van der Waals surface area contributed by atoms with E-state index in [0.717, 1.165) is 17.1 Å². The van der Waals surface area contributed by atoms with Crippen molar-refractivity contribution < 1.29 is 27.8 Å². The summed E-state index contributed by atoms with van der Waals surface area (Å²) in [7, 11) is 1.31. The first-order valence-electron chi connectivity index (χ1n) is 8.21. The molecule has 0 N–H and O–H groups in total. The molecule has 1 aromatic carbocycles. The molecular weight excluding hydrogens is 376 g/mol. The fourth-order valence-corrected chi connectivity index (χ4v) is 3.52. The van der Waals surface area contributed by atoms with Crippen LogP contribution in [0.3, 0.4) is 0 Å². The normalized spacial score (nSPS) is 12.1. The molecule has 2 rings (SSSR count). The van der Waals surface area contributed by atoms with Gasteiger partial charge in [-0.15, -0.1) is 11.8 Å². The number of nitrogens with zero attached hydrogens (tertiary/aromatic N) is 1. The highest BCUT2D eigenvalue weighted by Crippen LogP contribution is 2.26. The Morgan fingerprint density at radius 1 is 1.19 bits per heavy atom. The number of ether oxygens (including phenoxy) is 2. The van der Waals surface area contributed by atoms with E-state index in [9.17, 15) is 18.4 Å². The number of thioether (sulfide) groups is 1. The molecule has 0 bridgehead atoms. The van der Waals surface area contributed by atoms with E-state index < -0.39 is 11.9 Å². The first-order valence-corrected chi connectivity index (χ1v) is 9.26. The number of aromatic nitrogens is 1. The molecule has 1 atom stereocenters. The summed E-state index contributed by atoms with van der Waals surface area (Å²) in [5, 5.41) is -0.403. The second-order valence-electron chi connectivity index (χ2n) is 5.89. The van der Waals surface area contributed by atoms with Crippen molar-refractivity contribution in [2.75, 3.05) is 12.9 Å². The molecule has 1 aromatic heterocycles. The number of Topliss-reactive ketones (excluding diaryl/α,β-unsaturated/α-hetero) is 1. The van der Waals surface area contributed by atoms with E-state index >= 15 is 0 Å². The summed E-state index contributed by atoms with van der Waals surface area (Å²) in [6, 6.07) is 8.01. The minimum atomic E-state index is -2.88. The van der Waals surface area contributed by atoms with Crippen molar-refractivity contribution in [3.05, 3.63) is 47.3 Å². The van der Waals surface area contributed by atoms with Crippen LogP contribution in [0.2, 0.25) is 0 Å². The number of aryl methyl sites for hydroxylation is 1. The molecule has 0 aliphatic carbocycles. The van der Waals surface area contributed by atoms with Gasteiger partial charge in [-0.25, -0.2) is 0 Å². The maximum absolute atomic E-state index is 12.7. The number of hydrogen-bond acceptors (Lipinski definition) is 5. The molecule has 0 amide bonds. The first-order chi connectivity index (χ1) is 12.7. The van der Waals surface area contributed by atoms with Gasteiger partial charge in [0, 0.05) is 22.6 Å². The number of rotatable bonds is 8. The molecule has 1 unspecified atom stereocenters. The SMILES string of the molecule is COC(=O)CSC(C)C(=O)c1cc(C)n(-c2ccc(OC(F)F)cc2)c1C. The number of halogens is 2. The van der Waals surface area contributed by atoms with Crippen molar-refractivity contribution in [1.29, 1.82) is 0 Å². The Labute approximate surface area is 160 Å². The van der Waals surface area contributed by atoms with Gasteiger partial charge in [0.25, 0.3) is 0 Å². The molecule has 0 fully saturated rings. The average molecular weight is 397 g/mol. The highest BCUT2D eigenvalue weighted by Gasteiger charge is 2.22. The summed E-state index contributed by atoms with van der Waals surface area (Å²) in [6.45, 7) is 2.55. The smallest absolute Gasteiger partial charge is 0.387 e. The van der Waals surface area contributed by atoms with E-state index in [1.54, 1.807) is 25.1 Å². The minimum Gasteiger partial charge on any atom is -0.468 e. The van der Waals surface area contributed by atoms with Crippen LogP contribution in [0.15, 0.2) is 30.3 Å². The third-order valence-electron chi connectivity index (χ3n) is 4.06. The van der Waals surface area contributed by atoms with Gasteiger partial charge in [0.1, 0.15) is 5.75 Å². The van der Waals surface area contributed by atoms with Crippen molar-refractivity contribution in [1.82, 2.24) is 4.57 Å². The summed E-state index contributed by atoms with van der Waals surface area (Å²) in [4.78, 5) is 24.0. The maximum Gasteiger partial charge on any atom is 0.387 e. The molecular formula is C19H21F2NO4S. The molecule has 1 heterocycles. The molecule has 8 heteroatoms. The van der Waals surface area contributed by atoms with Crippen molar-refractivity contribution in [2.24, 2.45) is 0 Å². The van der Waals surface area contributed by atoms with E-state index in [4.69, 9.17) is 0 Å². The van der Waals surface area contributed by atoms with Crippen LogP contribution in [0.1, 0.15) is 28.7 Å². The van der Waals surface area contributed by atoms with Gasteiger partial charge in [-0.2, -0.15) is 8.78 Å². The van der Waals surface area contributed by atoms with Crippen LogP contribution < -0.4 is 4.74 Å². The largest absolute Gasteiger partial charge is 0.468 e. The zero-order chi connectivity index (χ0) is 20.1. The molecule has 0 saturated heterocycles. The Kier molecular flexibility index (Phi) is 7.01. The number of esters is 1. The van der Waals surface area contributed by atoms with Crippen LogP contribution in [0, 0.1) is 13.8 Å². The van der Waals surface area contributed by atoms with Crippen LogP contribution in [-0.4, -0.2) is 41.0 Å². The Morgan fingerprint density at radius 3 is 2.37 bits per heavy atom. The number of carbonyl (C=O) groups excluding carboxylic acids is 2.